The van der Waals surface area contributed by atoms with Crippen molar-refractivity contribution in [2.45, 2.75) is 19.9 Å². The average Bonchev–Trinajstić information content (AvgIpc) is 2.54. The molecule has 25 heavy (non-hydrogen) atoms. The molecule has 0 radical (unpaired) electrons. The fourth-order valence-corrected chi connectivity index (χ4v) is 2.09. The molecule has 0 aliphatic rings. The van der Waals surface area contributed by atoms with Crippen molar-refractivity contribution < 1.29 is 14.4 Å². The zero-order chi connectivity index (χ0) is 19.1. The van der Waals surface area contributed by atoms with Gasteiger partial charge in [-0.2, -0.15) is 0 Å². The van der Waals surface area contributed by atoms with Gasteiger partial charge in [-0.1, -0.05) is 37.0 Å². The highest BCUT2D eigenvalue weighted by Gasteiger charge is 2.19. The summed E-state index contributed by atoms with van der Waals surface area (Å²) < 4.78 is 0. The molecule has 1 aromatic rings. The number of nitrogens with zero attached hydrogens (tertiary/aromatic N) is 1. The van der Waals surface area contributed by atoms with E-state index in [1.165, 1.54) is 18.0 Å². The number of nitrogens with one attached hydrogen (secondary N) is 2. The molecule has 0 saturated heterocycles. The van der Waals surface area contributed by atoms with Crippen molar-refractivity contribution in [1.82, 2.24) is 10.2 Å². The maximum absolute atomic E-state index is 12.0. The van der Waals surface area contributed by atoms with Crippen LogP contribution in [-0.4, -0.2) is 48.8 Å². The van der Waals surface area contributed by atoms with Crippen LogP contribution in [0.25, 0.3) is 0 Å². The molecular formula is C16H22Cl2N4O3. The summed E-state index contributed by atoms with van der Waals surface area (Å²) in [5, 5.41) is 5.76. The largest absolute Gasteiger partial charge is 0.346 e. The number of amides is 3. The van der Waals surface area contributed by atoms with Crippen LogP contribution < -0.4 is 16.4 Å². The van der Waals surface area contributed by atoms with Gasteiger partial charge in [-0.25, -0.2) is 0 Å². The van der Waals surface area contributed by atoms with Crippen LogP contribution in [-0.2, 0) is 14.4 Å². The maximum atomic E-state index is 12.0. The Hall–Kier alpha value is -1.83. The number of rotatable bonds is 7. The first kappa shape index (κ1) is 21.2. The predicted octanol–water partition coefficient (Wildman–Crippen LogP) is 1.49. The number of hydrogen-bond donors (Lipinski definition) is 3. The summed E-state index contributed by atoms with van der Waals surface area (Å²) in [6.45, 7) is 3.22. The van der Waals surface area contributed by atoms with Gasteiger partial charge >= 0.3 is 0 Å². The molecule has 1 aromatic carbocycles. The Balaban J connectivity index is 2.47. The summed E-state index contributed by atoms with van der Waals surface area (Å²) in [7, 11) is 1.46. The summed E-state index contributed by atoms with van der Waals surface area (Å²) in [5.41, 5.74) is 6.16. The van der Waals surface area contributed by atoms with E-state index in [1.807, 2.05) is 13.8 Å². The van der Waals surface area contributed by atoms with Crippen LogP contribution in [0.1, 0.15) is 13.8 Å². The lowest BCUT2D eigenvalue weighted by Gasteiger charge is -2.19. The Morgan fingerprint density at radius 2 is 1.84 bits per heavy atom. The van der Waals surface area contributed by atoms with E-state index in [1.54, 1.807) is 12.1 Å². The highest BCUT2D eigenvalue weighted by Crippen LogP contribution is 2.24. The second-order valence-electron chi connectivity index (χ2n) is 5.91. The van der Waals surface area contributed by atoms with Gasteiger partial charge in [-0.05, 0) is 24.1 Å². The van der Waals surface area contributed by atoms with Crippen molar-refractivity contribution in [3.63, 3.8) is 0 Å². The number of anilines is 1. The molecule has 138 valence electrons. The molecule has 3 amide bonds. The van der Waals surface area contributed by atoms with Crippen LogP contribution in [0.3, 0.4) is 0 Å². The van der Waals surface area contributed by atoms with E-state index in [0.717, 1.165) is 0 Å². The van der Waals surface area contributed by atoms with Gasteiger partial charge in [-0.15, -0.1) is 0 Å². The molecular weight excluding hydrogens is 367 g/mol. The molecule has 0 spiro atoms. The van der Waals surface area contributed by atoms with Crippen molar-refractivity contribution in [2.24, 2.45) is 11.7 Å². The molecule has 0 aliphatic heterocycles. The number of hydrogen-bond acceptors (Lipinski definition) is 4. The van der Waals surface area contributed by atoms with Crippen LogP contribution in [0, 0.1) is 5.92 Å². The molecule has 4 N–H and O–H groups in total. The minimum Gasteiger partial charge on any atom is -0.346 e. The van der Waals surface area contributed by atoms with Gasteiger partial charge < -0.3 is 21.3 Å². The van der Waals surface area contributed by atoms with E-state index in [0.29, 0.717) is 15.7 Å². The van der Waals surface area contributed by atoms with Gasteiger partial charge in [-0.3, -0.25) is 14.4 Å². The second kappa shape index (κ2) is 9.60. The first-order valence-electron chi connectivity index (χ1n) is 7.64. The molecule has 0 saturated carbocycles. The van der Waals surface area contributed by atoms with Crippen LogP contribution in [0.5, 0.6) is 0 Å². The van der Waals surface area contributed by atoms with E-state index in [4.69, 9.17) is 28.9 Å². The molecule has 1 atom stereocenters. The van der Waals surface area contributed by atoms with E-state index in [-0.39, 0.29) is 19.0 Å². The van der Waals surface area contributed by atoms with Gasteiger partial charge in [0.15, 0.2) is 0 Å². The lowest BCUT2D eigenvalue weighted by Crippen LogP contribution is -2.48. The highest BCUT2D eigenvalue weighted by molar-refractivity contribution is 6.42. The van der Waals surface area contributed by atoms with Crippen molar-refractivity contribution in [2.75, 3.05) is 25.5 Å². The summed E-state index contributed by atoms with van der Waals surface area (Å²) in [6.07, 6.45) is 0. The Kier molecular flexibility index (Phi) is 8.15. The Morgan fingerprint density at radius 3 is 2.40 bits per heavy atom. The van der Waals surface area contributed by atoms with Crippen molar-refractivity contribution in [3.05, 3.63) is 28.2 Å². The molecule has 0 unspecified atom stereocenters. The number of benzene rings is 1. The molecule has 1 rings (SSSR count). The lowest BCUT2D eigenvalue weighted by molar-refractivity contribution is -0.134. The van der Waals surface area contributed by atoms with Crippen LogP contribution in [0.2, 0.25) is 10.0 Å². The van der Waals surface area contributed by atoms with Gasteiger partial charge in [0.1, 0.15) is 0 Å². The predicted molar refractivity (Wildman–Crippen MR) is 98.6 cm³/mol. The zero-order valence-corrected chi connectivity index (χ0v) is 15.8. The fourth-order valence-electron chi connectivity index (χ4n) is 1.80. The molecule has 7 nitrogen and oxygen atoms in total. The monoisotopic (exact) mass is 388 g/mol. The molecule has 0 heterocycles. The maximum Gasteiger partial charge on any atom is 0.243 e. The van der Waals surface area contributed by atoms with Crippen molar-refractivity contribution in [1.29, 1.82) is 0 Å². The Bertz CT molecular complexity index is 652. The van der Waals surface area contributed by atoms with Gasteiger partial charge in [0, 0.05) is 12.7 Å². The minimum atomic E-state index is -0.684. The van der Waals surface area contributed by atoms with Crippen molar-refractivity contribution in [3.8, 4) is 0 Å². The molecule has 9 heteroatoms. The number of likely N-dealkylation sites (N-methyl/N-ethyl adjacent to an activating group) is 1. The summed E-state index contributed by atoms with van der Waals surface area (Å²) in [4.78, 5) is 36.9. The standard InChI is InChI=1S/C16H22Cl2N4O3/c1-9(2)15(19)16(25)20-7-14(24)22(3)8-13(23)21-10-4-5-11(17)12(18)6-10/h4-6,9,15H,7-8,19H2,1-3H3,(H,20,25)(H,21,23)/t15-/m0/s1. The molecule has 0 fully saturated rings. The third-order valence-electron chi connectivity index (χ3n) is 3.44. The third-order valence-corrected chi connectivity index (χ3v) is 4.18. The summed E-state index contributed by atoms with van der Waals surface area (Å²) in [5.74, 6) is -1.25. The fraction of sp³-hybridized carbons (Fsp3) is 0.438. The smallest absolute Gasteiger partial charge is 0.243 e. The zero-order valence-electron chi connectivity index (χ0n) is 14.3. The molecule has 0 bridgehead atoms. The molecule has 0 aliphatic carbocycles. The number of halogens is 2. The normalized spacial score (nSPS) is 11.8. The van der Waals surface area contributed by atoms with E-state index in [9.17, 15) is 14.4 Å². The van der Waals surface area contributed by atoms with Crippen LogP contribution >= 0.6 is 23.2 Å². The number of nitrogens with two attached hydrogens (primary N) is 1. The Morgan fingerprint density at radius 1 is 1.20 bits per heavy atom. The number of carbonyl (C=O) groups is 3. The van der Waals surface area contributed by atoms with Crippen molar-refractivity contribution >= 4 is 46.6 Å². The summed E-state index contributed by atoms with van der Waals surface area (Å²) >= 11 is 11.7. The average molecular weight is 389 g/mol. The minimum absolute atomic E-state index is 0.0372. The van der Waals surface area contributed by atoms with E-state index >= 15 is 0 Å². The van der Waals surface area contributed by atoms with Crippen LogP contribution in [0.15, 0.2) is 18.2 Å². The number of carbonyl (C=O) groups excluding carboxylic acids is 3. The van der Waals surface area contributed by atoms with E-state index in [2.05, 4.69) is 10.6 Å². The van der Waals surface area contributed by atoms with Gasteiger partial charge in [0.2, 0.25) is 17.7 Å². The quantitative estimate of drug-likeness (QED) is 0.657. The SMILES string of the molecule is CC(C)[C@H](N)C(=O)NCC(=O)N(C)CC(=O)Nc1ccc(Cl)c(Cl)c1. The topological polar surface area (TPSA) is 105 Å². The Labute approximate surface area is 156 Å². The first-order valence-corrected chi connectivity index (χ1v) is 8.39. The first-order chi connectivity index (χ1) is 11.6. The second-order valence-corrected chi connectivity index (χ2v) is 6.73. The third kappa shape index (κ3) is 6.89. The molecule has 0 aromatic heterocycles. The highest BCUT2D eigenvalue weighted by atomic mass is 35.5. The van der Waals surface area contributed by atoms with E-state index < -0.39 is 23.8 Å². The van der Waals surface area contributed by atoms with Gasteiger partial charge in [0.05, 0.1) is 29.2 Å². The lowest BCUT2D eigenvalue weighted by atomic mass is 10.1. The summed E-state index contributed by atoms with van der Waals surface area (Å²) in [6, 6.07) is 3.98. The van der Waals surface area contributed by atoms with Crippen LogP contribution in [0.4, 0.5) is 5.69 Å². The van der Waals surface area contributed by atoms with Gasteiger partial charge in [0.25, 0.3) is 0 Å².